The van der Waals surface area contributed by atoms with Crippen molar-refractivity contribution in [1.82, 2.24) is 0 Å². The third kappa shape index (κ3) is 4.61. The second-order valence-electron chi connectivity index (χ2n) is 6.19. The Morgan fingerprint density at radius 2 is 1.48 bits per heavy atom. The Balaban J connectivity index is 2.16. The van der Waals surface area contributed by atoms with Gasteiger partial charge in [0, 0.05) is 16.3 Å². The Labute approximate surface area is 167 Å². The van der Waals surface area contributed by atoms with Crippen LogP contribution in [0, 0.1) is 0 Å². The van der Waals surface area contributed by atoms with Crippen molar-refractivity contribution in [2.45, 2.75) is 17.7 Å². The highest BCUT2D eigenvalue weighted by molar-refractivity contribution is 7.86. The van der Waals surface area contributed by atoms with Gasteiger partial charge in [-0.15, -0.1) is 0 Å². The molecule has 3 aromatic rings. The van der Waals surface area contributed by atoms with Gasteiger partial charge in [-0.3, -0.25) is 14.1 Å². The topological polar surface area (TPSA) is 107 Å². The molecule has 0 aromatic heterocycles. The van der Waals surface area contributed by atoms with Crippen molar-refractivity contribution in [2.75, 3.05) is 7.11 Å². The number of fused-ring (bicyclic) bond motifs is 1. The van der Waals surface area contributed by atoms with Crippen LogP contribution in [0.25, 0.3) is 21.9 Å². The third-order valence-corrected chi connectivity index (χ3v) is 5.24. The highest BCUT2D eigenvalue weighted by atomic mass is 32.2. The minimum atomic E-state index is -4.58. The van der Waals surface area contributed by atoms with Crippen LogP contribution in [0.15, 0.2) is 65.6 Å². The summed E-state index contributed by atoms with van der Waals surface area (Å²) in [6.07, 6.45) is -0.330. The zero-order valence-corrected chi connectivity index (χ0v) is 16.3. The smallest absolute Gasteiger partial charge is 0.311 e. The van der Waals surface area contributed by atoms with E-state index in [0.29, 0.717) is 10.9 Å². The first-order valence-electron chi connectivity index (χ1n) is 8.67. The molecule has 8 heteroatoms. The molecule has 0 spiro atoms. The van der Waals surface area contributed by atoms with E-state index in [2.05, 4.69) is 4.74 Å². The number of esters is 2. The lowest BCUT2D eigenvalue weighted by atomic mass is 10.00. The Kier molecular flexibility index (Phi) is 5.95. The Morgan fingerprint density at radius 1 is 0.897 bits per heavy atom. The van der Waals surface area contributed by atoms with Gasteiger partial charge in [-0.2, -0.15) is 8.42 Å². The average molecular weight is 414 g/mol. The Hall–Kier alpha value is -3.23. The number of hydrogen-bond acceptors (Lipinski definition) is 6. The molecule has 0 bridgehead atoms. The number of methoxy groups -OCH3 is 1. The lowest BCUT2D eigenvalue weighted by Crippen LogP contribution is -2.12. The van der Waals surface area contributed by atoms with Gasteiger partial charge >= 0.3 is 11.9 Å². The quantitative estimate of drug-likeness (QED) is 0.373. The molecule has 0 aliphatic rings. The number of carbonyl (C=O) groups is 2. The van der Waals surface area contributed by atoms with Crippen LogP contribution < -0.4 is 4.74 Å². The predicted molar refractivity (Wildman–Crippen MR) is 106 cm³/mol. The molecule has 0 saturated heterocycles. The third-order valence-electron chi connectivity index (χ3n) is 4.28. The van der Waals surface area contributed by atoms with Gasteiger partial charge in [0.25, 0.3) is 10.1 Å². The van der Waals surface area contributed by atoms with Crippen LogP contribution >= 0.6 is 0 Å². The van der Waals surface area contributed by atoms with Gasteiger partial charge in [0.15, 0.2) is 0 Å². The van der Waals surface area contributed by atoms with Crippen LogP contribution in [-0.2, 0) is 24.4 Å². The average Bonchev–Trinajstić information content (AvgIpc) is 2.71. The second kappa shape index (κ2) is 8.42. The van der Waals surface area contributed by atoms with Crippen LogP contribution in [0.1, 0.15) is 12.8 Å². The van der Waals surface area contributed by atoms with Gasteiger partial charge in [0.1, 0.15) is 10.6 Å². The molecule has 0 unspecified atom stereocenters. The molecular formula is C21H18O7S. The Morgan fingerprint density at radius 3 is 2.10 bits per heavy atom. The maximum atomic E-state index is 12.2. The van der Waals surface area contributed by atoms with E-state index >= 15 is 0 Å². The molecule has 0 aliphatic carbocycles. The zero-order valence-electron chi connectivity index (χ0n) is 15.5. The summed E-state index contributed by atoms with van der Waals surface area (Å²) < 4.78 is 44.2. The van der Waals surface area contributed by atoms with Crippen LogP contribution in [0.5, 0.6) is 5.75 Å². The summed E-state index contributed by atoms with van der Waals surface area (Å²) >= 11 is 0. The van der Waals surface area contributed by atoms with Crippen molar-refractivity contribution in [2.24, 2.45) is 0 Å². The van der Waals surface area contributed by atoms with E-state index in [9.17, 15) is 22.6 Å². The fraction of sp³-hybridized carbons (Fsp3) is 0.143. The summed E-state index contributed by atoms with van der Waals surface area (Å²) in [5.41, 5.74) is 0.723. The fourth-order valence-corrected chi connectivity index (χ4v) is 3.90. The molecule has 29 heavy (non-hydrogen) atoms. The molecule has 7 nitrogen and oxygen atoms in total. The molecule has 0 radical (unpaired) electrons. The van der Waals surface area contributed by atoms with Gasteiger partial charge in [-0.05, 0) is 11.6 Å². The van der Waals surface area contributed by atoms with Gasteiger partial charge in [-0.25, -0.2) is 0 Å². The van der Waals surface area contributed by atoms with Crippen LogP contribution in [0.3, 0.4) is 0 Å². The predicted octanol–water partition coefficient (Wildman–Crippen LogP) is 3.61. The summed E-state index contributed by atoms with van der Waals surface area (Å²) in [7, 11) is -3.36. The molecule has 0 aliphatic heterocycles. The highest BCUT2D eigenvalue weighted by Gasteiger charge is 2.24. The first-order chi connectivity index (χ1) is 13.8. The number of rotatable bonds is 6. The van der Waals surface area contributed by atoms with E-state index in [4.69, 9.17) is 4.74 Å². The van der Waals surface area contributed by atoms with Gasteiger partial charge in [0.05, 0.1) is 20.0 Å². The zero-order chi connectivity index (χ0) is 21.0. The van der Waals surface area contributed by atoms with Crippen LogP contribution in [-0.4, -0.2) is 32.0 Å². The maximum Gasteiger partial charge on any atom is 0.311 e. The van der Waals surface area contributed by atoms with Crippen molar-refractivity contribution >= 4 is 32.8 Å². The minimum Gasteiger partial charge on any atom is -0.469 e. The maximum absolute atomic E-state index is 12.2. The van der Waals surface area contributed by atoms with Crippen LogP contribution in [0.2, 0.25) is 0 Å². The number of carbonyl (C=O) groups excluding carboxylic acids is 2. The molecule has 1 N–H and O–H groups in total. The SMILES string of the molecule is COC(=O)CCC(=O)Oc1cc(-c2ccccc2)c(S(=O)(=O)O)c2ccccc12. The summed E-state index contributed by atoms with van der Waals surface area (Å²) in [5, 5.41) is 0.554. The normalized spacial score (nSPS) is 11.2. The monoisotopic (exact) mass is 414 g/mol. The summed E-state index contributed by atoms with van der Waals surface area (Å²) in [4.78, 5) is 23.2. The van der Waals surface area contributed by atoms with Gasteiger partial charge < -0.3 is 9.47 Å². The largest absolute Gasteiger partial charge is 0.469 e. The van der Waals surface area contributed by atoms with Crippen molar-refractivity contribution in [1.29, 1.82) is 0 Å². The summed E-state index contributed by atoms with van der Waals surface area (Å²) in [6, 6.07) is 16.4. The second-order valence-corrected chi connectivity index (χ2v) is 7.55. The molecule has 0 atom stereocenters. The summed E-state index contributed by atoms with van der Waals surface area (Å²) in [5.74, 6) is -1.08. The molecule has 0 fully saturated rings. The number of benzene rings is 3. The molecule has 150 valence electrons. The molecular weight excluding hydrogens is 396 g/mol. The van der Waals surface area contributed by atoms with E-state index in [1.54, 1.807) is 48.5 Å². The molecule has 3 aromatic carbocycles. The van der Waals surface area contributed by atoms with Crippen LogP contribution in [0.4, 0.5) is 0 Å². The molecule has 0 amide bonds. The van der Waals surface area contributed by atoms with Crippen molar-refractivity contribution < 1.29 is 32.0 Å². The lowest BCUT2D eigenvalue weighted by Gasteiger charge is -2.15. The van der Waals surface area contributed by atoms with E-state index in [1.165, 1.54) is 19.2 Å². The fourth-order valence-electron chi connectivity index (χ4n) is 2.99. The van der Waals surface area contributed by atoms with Gasteiger partial charge in [-0.1, -0.05) is 54.6 Å². The van der Waals surface area contributed by atoms with Crippen molar-refractivity contribution in [3.63, 3.8) is 0 Å². The standard InChI is InChI=1S/C21H18O7S/c1-27-19(22)11-12-20(23)28-18-13-17(14-7-3-2-4-8-14)21(29(24,25)26)16-10-6-5-9-15(16)18/h2-10,13H,11-12H2,1H3,(H,24,25,26). The molecule has 0 heterocycles. The molecule has 3 rings (SSSR count). The van der Waals surface area contributed by atoms with Gasteiger partial charge in [0.2, 0.25) is 0 Å². The van der Waals surface area contributed by atoms with E-state index in [0.717, 1.165) is 0 Å². The lowest BCUT2D eigenvalue weighted by molar-refractivity contribution is -0.144. The molecule has 0 saturated carbocycles. The van der Waals surface area contributed by atoms with Crippen molar-refractivity contribution in [3.05, 3.63) is 60.7 Å². The Bertz CT molecular complexity index is 1170. The first-order valence-corrected chi connectivity index (χ1v) is 10.1. The number of hydrogen-bond donors (Lipinski definition) is 1. The van der Waals surface area contributed by atoms with Crippen molar-refractivity contribution in [3.8, 4) is 16.9 Å². The minimum absolute atomic E-state index is 0.127. The van der Waals surface area contributed by atoms with E-state index in [1.807, 2.05) is 0 Å². The first kappa shape index (κ1) is 20.5. The summed E-state index contributed by atoms with van der Waals surface area (Å²) in [6.45, 7) is 0. The van der Waals surface area contributed by atoms with E-state index in [-0.39, 0.29) is 34.4 Å². The van der Waals surface area contributed by atoms with E-state index < -0.39 is 22.1 Å². The number of ether oxygens (including phenoxy) is 2. The highest BCUT2D eigenvalue weighted by Crippen LogP contribution is 2.39.